The summed E-state index contributed by atoms with van der Waals surface area (Å²) in [7, 11) is 0. The number of nitrogens with zero attached hydrogens (tertiary/aromatic N) is 3. The van der Waals surface area contributed by atoms with Crippen LogP contribution in [-0.4, -0.2) is 54.3 Å². The molecule has 21 heavy (non-hydrogen) atoms. The molecule has 2 unspecified atom stereocenters. The van der Waals surface area contributed by atoms with Crippen molar-refractivity contribution in [3.05, 3.63) is 36.4 Å². The van der Waals surface area contributed by atoms with Crippen LogP contribution in [0, 0.1) is 0 Å². The van der Waals surface area contributed by atoms with Crippen LogP contribution in [0.4, 0.5) is 0 Å². The van der Waals surface area contributed by atoms with Crippen LogP contribution in [0.2, 0.25) is 5.15 Å². The fourth-order valence-electron chi connectivity index (χ4n) is 2.57. The lowest BCUT2D eigenvalue weighted by molar-refractivity contribution is -0.0768. The molecular weight excluding hydrogens is 298 g/mol. The van der Waals surface area contributed by atoms with E-state index in [9.17, 15) is 15.3 Å². The highest BCUT2D eigenvalue weighted by atomic mass is 35.5. The van der Waals surface area contributed by atoms with Crippen molar-refractivity contribution in [1.82, 2.24) is 14.5 Å². The van der Waals surface area contributed by atoms with Gasteiger partial charge >= 0.3 is 0 Å². The van der Waals surface area contributed by atoms with E-state index in [0.717, 1.165) is 0 Å². The van der Waals surface area contributed by atoms with Gasteiger partial charge in [-0.05, 0) is 6.07 Å². The molecule has 4 atom stereocenters. The van der Waals surface area contributed by atoms with Crippen molar-refractivity contribution in [3.63, 3.8) is 0 Å². The van der Waals surface area contributed by atoms with E-state index in [-0.39, 0.29) is 5.15 Å². The number of hydrogen-bond donors (Lipinski definition) is 3. The Morgan fingerprint density at radius 1 is 1.52 bits per heavy atom. The molecule has 0 saturated carbocycles. The van der Waals surface area contributed by atoms with Gasteiger partial charge in [0.15, 0.2) is 11.8 Å². The Kier molecular flexibility index (Phi) is 3.46. The molecule has 1 saturated heterocycles. The highest BCUT2D eigenvalue weighted by Crippen LogP contribution is 2.40. The zero-order chi connectivity index (χ0) is 15.2. The van der Waals surface area contributed by atoms with E-state index in [2.05, 4.69) is 16.5 Å². The summed E-state index contributed by atoms with van der Waals surface area (Å²) in [6.45, 7) is 3.12. The maximum Gasteiger partial charge on any atom is 0.171 e. The first-order chi connectivity index (χ1) is 10.0. The minimum atomic E-state index is -1.75. The van der Waals surface area contributed by atoms with E-state index in [1.54, 1.807) is 12.3 Å². The molecule has 1 aliphatic rings. The van der Waals surface area contributed by atoms with E-state index in [4.69, 9.17) is 16.3 Å². The molecule has 3 rings (SSSR count). The second-order valence-corrected chi connectivity index (χ2v) is 5.23. The summed E-state index contributed by atoms with van der Waals surface area (Å²) in [5.41, 5.74) is -1.30. The van der Waals surface area contributed by atoms with Crippen molar-refractivity contribution in [2.45, 2.75) is 24.0 Å². The molecule has 0 spiro atoms. The van der Waals surface area contributed by atoms with Crippen LogP contribution in [0.15, 0.2) is 31.2 Å². The molecule has 2 aromatic heterocycles. The number of aliphatic hydroxyl groups is 3. The van der Waals surface area contributed by atoms with E-state index >= 15 is 0 Å². The van der Waals surface area contributed by atoms with Crippen molar-refractivity contribution in [3.8, 4) is 0 Å². The van der Waals surface area contributed by atoms with Crippen molar-refractivity contribution in [2.75, 3.05) is 6.61 Å². The highest BCUT2D eigenvalue weighted by Gasteiger charge is 2.54. The molecule has 7 nitrogen and oxygen atoms in total. The monoisotopic (exact) mass is 311 g/mol. The van der Waals surface area contributed by atoms with E-state index in [1.807, 2.05) is 0 Å². The van der Waals surface area contributed by atoms with Gasteiger partial charge in [-0.3, -0.25) is 0 Å². The molecule has 112 valence electrons. The predicted molar refractivity (Wildman–Crippen MR) is 74.7 cm³/mol. The number of rotatable bonds is 3. The Balaban J connectivity index is 2.13. The summed E-state index contributed by atoms with van der Waals surface area (Å²) in [5, 5.41) is 30.9. The zero-order valence-electron chi connectivity index (χ0n) is 10.9. The Morgan fingerprint density at radius 3 is 2.95 bits per heavy atom. The largest absolute Gasteiger partial charge is 0.394 e. The number of aromatic nitrogens is 3. The van der Waals surface area contributed by atoms with Crippen molar-refractivity contribution < 1.29 is 20.1 Å². The second-order valence-electron chi connectivity index (χ2n) is 4.87. The SMILES string of the molecule is C=C[C@@]1(O)C(O)[C@@H](CO)OC1n1ccc2c(Cl)ncnc21. The van der Waals surface area contributed by atoms with E-state index < -0.39 is 30.6 Å². The number of fused-ring (bicyclic) bond motifs is 1. The molecule has 0 aromatic carbocycles. The Hall–Kier alpha value is -1.51. The van der Waals surface area contributed by atoms with Gasteiger partial charge in [-0.1, -0.05) is 24.3 Å². The molecule has 0 amide bonds. The summed E-state index contributed by atoms with van der Waals surface area (Å²) in [6, 6.07) is 1.68. The number of hydrogen-bond acceptors (Lipinski definition) is 6. The van der Waals surface area contributed by atoms with Gasteiger partial charge in [0.25, 0.3) is 0 Å². The zero-order valence-corrected chi connectivity index (χ0v) is 11.7. The molecule has 0 bridgehead atoms. The Bertz CT molecular complexity index is 691. The van der Waals surface area contributed by atoms with Gasteiger partial charge in [-0.2, -0.15) is 0 Å². The third kappa shape index (κ3) is 1.97. The fourth-order valence-corrected chi connectivity index (χ4v) is 2.77. The van der Waals surface area contributed by atoms with Gasteiger partial charge in [0, 0.05) is 6.20 Å². The third-order valence-electron chi connectivity index (χ3n) is 3.75. The Labute approximate surface area is 125 Å². The smallest absolute Gasteiger partial charge is 0.171 e. The van der Waals surface area contributed by atoms with Gasteiger partial charge in [0.2, 0.25) is 0 Å². The Morgan fingerprint density at radius 2 is 2.29 bits per heavy atom. The lowest BCUT2D eigenvalue weighted by atomic mass is 9.94. The molecule has 2 aromatic rings. The van der Waals surface area contributed by atoms with Crippen molar-refractivity contribution >= 4 is 22.6 Å². The minimum Gasteiger partial charge on any atom is -0.394 e. The average molecular weight is 312 g/mol. The van der Waals surface area contributed by atoms with Crippen LogP contribution >= 0.6 is 11.6 Å². The molecule has 0 radical (unpaired) electrons. The van der Waals surface area contributed by atoms with Crippen LogP contribution in [-0.2, 0) is 4.74 Å². The summed E-state index contributed by atoms with van der Waals surface area (Å²) >= 11 is 5.99. The summed E-state index contributed by atoms with van der Waals surface area (Å²) in [6.07, 6.45) is 0.907. The van der Waals surface area contributed by atoms with Crippen LogP contribution in [0.5, 0.6) is 0 Å². The van der Waals surface area contributed by atoms with Crippen LogP contribution in [0.25, 0.3) is 11.0 Å². The van der Waals surface area contributed by atoms with Gasteiger partial charge in [-0.25, -0.2) is 9.97 Å². The van der Waals surface area contributed by atoms with Gasteiger partial charge in [-0.15, -0.1) is 0 Å². The topological polar surface area (TPSA) is 101 Å². The van der Waals surface area contributed by atoms with Gasteiger partial charge < -0.3 is 24.6 Å². The molecule has 1 fully saturated rings. The first kappa shape index (κ1) is 14.4. The lowest BCUT2D eigenvalue weighted by Crippen LogP contribution is -2.45. The average Bonchev–Trinajstić information content (AvgIpc) is 3.01. The first-order valence-electron chi connectivity index (χ1n) is 6.30. The number of aliphatic hydroxyl groups excluding tert-OH is 2. The maximum atomic E-state index is 10.6. The van der Waals surface area contributed by atoms with Crippen LogP contribution < -0.4 is 0 Å². The third-order valence-corrected chi connectivity index (χ3v) is 4.05. The quantitative estimate of drug-likeness (QED) is 0.555. The molecule has 3 N–H and O–H groups in total. The van der Waals surface area contributed by atoms with Gasteiger partial charge in [0.05, 0.1) is 12.0 Å². The molecule has 8 heteroatoms. The molecule has 1 aliphatic heterocycles. The van der Waals surface area contributed by atoms with Crippen molar-refractivity contribution in [1.29, 1.82) is 0 Å². The van der Waals surface area contributed by atoms with Gasteiger partial charge in [0.1, 0.15) is 29.3 Å². The number of ether oxygens (including phenoxy) is 1. The first-order valence-corrected chi connectivity index (χ1v) is 6.68. The summed E-state index contributed by atoms with van der Waals surface area (Å²) in [4.78, 5) is 8.00. The van der Waals surface area contributed by atoms with Crippen molar-refractivity contribution in [2.24, 2.45) is 0 Å². The summed E-state index contributed by atoms with van der Waals surface area (Å²) < 4.78 is 7.09. The standard InChI is InChI=1S/C13H14ClN3O4/c1-2-13(20)9(19)8(5-18)21-12(13)17-4-3-7-10(14)15-6-16-11(7)17/h2-4,6,8-9,12,18-20H,1,5H2/t8-,9?,12?,13-/m1/s1. The highest BCUT2D eigenvalue weighted by molar-refractivity contribution is 6.33. The molecular formula is C13H14ClN3O4. The molecule has 3 heterocycles. The minimum absolute atomic E-state index is 0.276. The lowest BCUT2D eigenvalue weighted by Gasteiger charge is -2.28. The molecule has 0 aliphatic carbocycles. The maximum absolute atomic E-state index is 10.6. The van der Waals surface area contributed by atoms with E-state index in [0.29, 0.717) is 11.0 Å². The predicted octanol–water partition coefficient (Wildman–Crippen LogP) is 0.252. The second kappa shape index (κ2) is 5.04. The number of halogens is 1. The van der Waals surface area contributed by atoms with Crippen LogP contribution in [0.3, 0.4) is 0 Å². The summed E-state index contributed by atoms with van der Waals surface area (Å²) in [5.74, 6) is 0. The van der Waals surface area contributed by atoms with Crippen LogP contribution in [0.1, 0.15) is 6.23 Å². The van der Waals surface area contributed by atoms with E-state index in [1.165, 1.54) is 17.0 Å². The fraction of sp³-hybridized carbons (Fsp3) is 0.385. The normalized spacial score (nSPS) is 32.7.